The Balaban J connectivity index is 2.75. The summed E-state index contributed by atoms with van der Waals surface area (Å²) in [6.07, 6.45) is 0. The summed E-state index contributed by atoms with van der Waals surface area (Å²) in [5, 5.41) is 8.34. The quantitative estimate of drug-likeness (QED) is 0.903. The largest absolute Gasteiger partial charge is 0.378 e. The molecule has 0 atom stereocenters. The molecule has 0 radical (unpaired) electrons. The van der Waals surface area contributed by atoms with Crippen LogP contribution in [0.1, 0.15) is 42.6 Å². The summed E-state index contributed by atoms with van der Waals surface area (Å²) < 4.78 is 7.09. The fourth-order valence-electron chi connectivity index (χ4n) is 1.98. The number of carbonyl (C=O) groups excluding carboxylic acids is 1. The molecule has 0 aliphatic heterocycles. The van der Waals surface area contributed by atoms with E-state index >= 15 is 0 Å². The second-order valence-corrected chi connectivity index (χ2v) is 5.50. The third-order valence-electron chi connectivity index (χ3n) is 2.83. The van der Waals surface area contributed by atoms with Gasteiger partial charge in [-0.3, -0.25) is 9.20 Å². The van der Waals surface area contributed by atoms with Crippen molar-refractivity contribution in [2.75, 3.05) is 7.11 Å². The van der Waals surface area contributed by atoms with E-state index in [1.54, 1.807) is 19.2 Å². The molecule has 2 aromatic heterocycles. The van der Waals surface area contributed by atoms with Gasteiger partial charge in [0, 0.05) is 18.1 Å². The molecule has 19 heavy (non-hydrogen) atoms. The molecule has 0 bridgehead atoms. The van der Waals surface area contributed by atoms with Crippen LogP contribution in [0.25, 0.3) is 5.65 Å². The molecule has 6 nitrogen and oxygen atoms in total. The van der Waals surface area contributed by atoms with Gasteiger partial charge in [-0.25, -0.2) is 0 Å². The summed E-state index contributed by atoms with van der Waals surface area (Å²) in [6.45, 7) is 6.53. The zero-order chi connectivity index (χ0) is 14.2. The summed E-state index contributed by atoms with van der Waals surface area (Å²) in [5.74, 6) is 0.339. The average molecular weight is 262 g/mol. The van der Waals surface area contributed by atoms with Crippen molar-refractivity contribution in [3.05, 3.63) is 29.2 Å². The maximum absolute atomic E-state index is 11.3. The molecule has 102 valence electrons. The fraction of sp³-hybridized carbons (Fsp3) is 0.462. The van der Waals surface area contributed by atoms with E-state index in [0.717, 1.165) is 11.5 Å². The number of ether oxygens (including phenoxy) is 1. The summed E-state index contributed by atoms with van der Waals surface area (Å²) in [6, 6.07) is 3.36. The predicted octanol–water partition coefficient (Wildman–Crippen LogP) is 1.27. The van der Waals surface area contributed by atoms with Gasteiger partial charge in [0.25, 0.3) is 0 Å². The van der Waals surface area contributed by atoms with Crippen LogP contribution in [-0.2, 0) is 16.8 Å². The van der Waals surface area contributed by atoms with Gasteiger partial charge in [0.15, 0.2) is 5.65 Å². The van der Waals surface area contributed by atoms with Crippen LogP contribution in [0.3, 0.4) is 0 Å². The second-order valence-electron chi connectivity index (χ2n) is 5.50. The molecule has 2 aromatic rings. The van der Waals surface area contributed by atoms with Crippen LogP contribution in [0, 0.1) is 0 Å². The highest BCUT2D eigenvalue weighted by Crippen LogP contribution is 2.23. The number of aromatic nitrogens is 3. The molecule has 0 fully saturated rings. The normalized spacial score (nSPS) is 12.0. The van der Waals surface area contributed by atoms with Crippen molar-refractivity contribution >= 4 is 11.6 Å². The SMILES string of the molecule is COCc1cc(C(N)=O)cc2nnc(C(C)(C)C)n12. The van der Waals surface area contributed by atoms with Gasteiger partial charge in [-0.1, -0.05) is 20.8 Å². The highest BCUT2D eigenvalue weighted by molar-refractivity contribution is 5.93. The van der Waals surface area contributed by atoms with Gasteiger partial charge in [-0.15, -0.1) is 10.2 Å². The number of hydrogen-bond donors (Lipinski definition) is 1. The molecular formula is C13H18N4O2. The van der Waals surface area contributed by atoms with Crippen LogP contribution in [0.2, 0.25) is 0 Å². The van der Waals surface area contributed by atoms with Gasteiger partial charge in [-0.2, -0.15) is 0 Å². The Bertz CT molecular complexity index is 625. The number of methoxy groups -OCH3 is 1. The third-order valence-corrected chi connectivity index (χ3v) is 2.83. The van der Waals surface area contributed by atoms with Crippen molar-refractivity contribution in [1.29, 1.82) is 0 Å². The summed E-state index contributed by atoms with van der Waals surface area (Å²) in [7, 11) is 1.60. The number of nitrogens with zero attached hydrogens (tertiary/aromatic N) is 3. The molecule has 6 heteroatoms. The lowest BCUT2D eigenvalue weighted by molar-refractivity contribution is 0.1000. The van der Waals surface area contributed by atoms with Crippen molar-refractivity contribution in [3.63, 3.8) is 0 Å². The van der Waals surface area contributed by atoms with Crippen LogP contribution >= 0.6 is 0 Å². The van der Waals surface area contributed by atoms with Crippen molar-refractivity contribution in [2.24, 2.45) is 5.73 Å². The minimum atomic E-state index is -0.486. The molecule has 0 saturated heterocycles. The first-order valence-corrected chi connectivity index (χ1v) is 6.02. The van der Waals surface area contributed by atoms with E-state index in [1.807, 2.05) is 4.40 Å². The highest BCUT2D eigenvalue weighted by Gasteiger charge is 2.23. The van der Waals surface area contributed by atoms with Crippen LogP contribution in [-0.4, -0.2) is 27.6 Å². The number of primary amides is 1. The average Bonchev–Trinajstić information content (AvgIpc) is 2.72. The number of fused-ring (bicyclic) bond motifs is 1. The Morgan fingerprint density at radius 3 is 2.58 bits per heavy atom. The van der Waals surface area contributed by atoms with E-state index in [0.29, 0.717) is 17.8 Å². The lowest BCUT2D eigenvalue weighted by Crippen LogP contribution is -2.19. The summed E-state index contributed by atoms with van der Waals surface area (Å²) in [5.41, 5.74) is 6.99. The number of pyridine rings is 1. The molecular weight excluding hydrogens is 244 g/mol. The van der Waals surface area contributed by atoms with E-state index in [9.17, 15) is 4.79 Å². The van der Waals surface area contributed by atoms with Crippen molar-refractivity contribution in [3.8, 4) is 0 Å². The van der Waals surface area contributed by atoms with Gasteiger partial charge in [0.2, 0.25) is 5.91 Å². The standard InChI is InChI=1S/C13H18N4O2/c1-13(2,3)12-16-15-10-6-8(11(14)18)5-9(7-19-4)17(10)12/h5-6H,7H2,1-4H3,(H2,14,18). The van der Waals surface area contributed by atoms with Crippen LogP contribution < -0.4 is 5.73 Å². The van der Waals surface area contributed by atoms with Gasteiger partial charge in [-0.05, 0) is 12.1 Å². The molecule has 0 aromatic carbocycles. The monoisotopic (exact) mass is 262 g/mol. The first-order valence-electron chi connectivity index (χ1n) is 6.02. The van der Waals surface area contributed by atoms with Gasteiger partial charge in [0.05, 0.1) is 12.3 Å². The highest BCUT2D eigenvalue weighted by atomic mass is 16.5. The van der Waals surface area contributed by atoms with E-state index in [2.05, 4.69) is 31.0 Å². The Hall–Kier alpha value is -1.95. The van der Waals surface area contributed by atoms with Crippen molar-refractivity contribution in [2.45, 2.75) is 32.8 Å². The Morgan fingerprint density at radius 2 is 2.05 bits per heavy atom. The Kier molecular flexibility index (Phi) is 3.28. The molecule has 0 unspecified atom stereocenters. The number of rotatable bonds is 3. The fourth-order valence-corrected chi connectivity index (χ4v) is 1.98. The zero-order valence-electron chi connectivity index (χ0n) is 11.6. The number of carbonyl (C=O) groups is 1. The van der Waals surface area contributed by atoms with E-state index < -0.39 is 5.91 Å². The van der Waals surface area contributed by atoms with Gasteiger partial charge in [0.1, 0.15) is 5.82 Å². The van der Waals surface area contributed by atoms with Crippen LogP contribution in [0.5, 0.6) is 0 Å². The Morgan fingerprint density at radius 1 is 1.37 bits per heavy atom. The first-order chi connectivity index (χ1) is 8.84. The topological polar surface area (TPSA) is 82.5 Å². The van der Waals surface area contributed by atoms with Crippen LogP contribution in [0.4, 0.5) is 0 Å². The van der Waals surface area contributed by atoms with Crippen molar-refractivity contribution in [1.82, 2.24) is 14.6 Å². The molecule has 1 amide bonds. The third kappa shape index (κ3) is 2.44. The number of nitrogens with two attached hydrogens (primary N) is 1. The lowest BCUT2D eigenvalue weighted by Gasteiger charge is -2.18. The van der Waals surface area contributed by atoms with Gasteiger partial charge < -0.3 is 10.5 Å². The molecule has 0 aliphatic rings. The predicted molar refractivity (Wildman–Crippen MR) is 70.9 cm³/mol. The minimum absolute atomic E-state index is 0.157. The smallest absolute Gasteiger partial charge is 0.248 e. The second kappa shape index (κ2) is 4.62. The summed E-state index contributed by atoms with van der Waals surface area (Å²) >= 11 is 0. The minimum Gasteiger partial charge on any atom is -0.378 e. The molecule has 2 heterocycles. The zero-order valence-corrected chi connectivity index (χ0v) is 11.6. The molecule has 0 saturated carbocycles. The first kappa shape index (κ1) is 13.5. The van der Waals surface area contributed by atoms with E-state index in [-0.39, 0.29) is 5.41 Å². The van der Waals surface area contributed by atoms with Crippen molar-refractivity contribution < 1.29 is 9.53 Å². The maximum atomic E-state index is 11.3. The Labute approximate surface area is 111 Å². The maximum Gasteiger partial charge on any atom is 0.248 e. The van der Waals surface area contributed by atoms with Gasteiger partial charge >= 0.3 is 0 Å². The molecule has 2 rings (SSSR count). The number of hydrogen-bond acceptors (Lipinski definition) is 4. The van der Waals surface area contributed by atoms with E-state index in [4.69, 9.17) is 10.5 Å². The van der Waals surface area contributed by atoms with E-state index in [1.165, 1.54) is 0 Å². The molecule has 0 spiro atoms. The summed E-state index contributed by atoms with van der Waals surface area (Å²) in [4.78, 5) is 11.3. The molecule has 2 N–H and O–H groups in total. The number of amides is 1. The van der Waals surface area contributed by atoms with Crippen LogP contribution in [0.15, 0.2) is 12.1 Å². The lowest BCUT2D eigenvalue weighted by atomic mass is 9.95. The molecule has 0 aliphatic carbocycles.